The van der Waals surface area contributed by atoms with E-state index in [0.717, 1.165) is 11.1 Å². The highest BCUT2D eigenvalue weighted by Crippen LogP contribution is 2.41. The van der Waals surface area contributed by atoms with E-state index in [1.165, 1.54) is 25.4 Å². The minimum atomic E-state index is -2.60. The normalized spacial score (nSPS) is 18.6. The molecule has 40 heavy (non-hydrogen) atoms. The first-order valence-electron chi connectivity index (χ1n) is 13.0. The topological polar surface area (TPSA) is 124 Å². The molecule has 1 unspecified atom stereocenters. The van der Waals surface area contributed by atoms with Crippen molar-refractivity contribution in [1.29, 1.82) is 0 Å². The number of carbonyl (C=O) groups excluding carboxylic acids is 2. The second-order valence-electron chi connectivity index (χ2n) is 10.1. The number of methoxy groups -OCH3 is 1. The van der Waals surface area contributed by atoms with E-state index in [0.29, 0.717) is 42.9 Å². The van der Waals surface area contributed by atoms with Crippen LogP contribution in [-0.4, -0.2) is 45.7 Å². The number of pyridine rings is 3. The summed E-state index contributed by atoms with van der Waals surface area (Å²) in [5.41, 5.74) is 1.40. The highest BCUT2D eigenvalue weighted by molar-refractivity contribution is 5.77. The molecule has 0 aromatic carbocycles. The first kappa shape index (κ1) is 29.0. The van der Waals surface area contributed by atoms with Crippen LogP contribution in [0.15, 0.2) is 48.8 Å². The Bertz CT molecular complexity index is 1340. The fraction of sp³-hybridized carbons (Fsp3) is 0.414. The van der Waals surface area contributed by atoms with Crippen LogP contribution in [0.2, 0.25) is 0 Å². The van der Waals surface area contributed by atoms with Gasteiger partial charge in [0.2, 0.25) is 0 Å². The van der Waals surface area contributed by atoms with Gasteiger partial charge in [-0.2, -0.15) is 0 Å². The van der Waals surface area contributed by atoms with Gasteiger partial charge in [0, 0.05) is 23.5 Å². The maximum atomic E-state index is 13.1. The fourth-order valence-electron chi connectivity index (χ4n) is 4.91. The highest BCUT2D eigenvalue weighted by Gasteiger charge is 2.39. The predicted molar refractivity (Wildman–Crippen MR) is 143 cm³/mol. The van der Waals surface area contributed by atoms with Crippen molar-refractivity contribution in [2.24, 2.45) is 11.8 Å². The van der Waals surface area contributed by atoms with Gasteiger partial charge < -0.3 is 19.9 Å². The number of ether oxygens (including phenoxy) is 2. The summed E-state index contributed by atoms with van der Waals surface area (Å²) in [5.74, 6) is -0.757. The van der Waals surface area contributed by atoms with Gasteiger partial charge in [0.15, 0.2) is 6.61 Å². The van der Waals surface area contributed by atoms with Crippen LogP contribution >= 0.6 is 0 Å². The number of aryl methyl sites for hydroxylation is 1. The molecule has 11 heteroatoms. The van der Waals surface area contributed by atoms with Crippen molar-refractivity contribution in [3.63, 3.8) is 0 Å². The Morgan fingerprint density at radius 1 is 1.10 bits per heavy atom. The maximum absolute atomic E-state index is 13.1. The van der Waals surface area contributed by atoms with Crippen molar-refractivity contribution < 1.29 is 33.0 Å². The van der Waals surface area contributed by atoms with Crippen molar-refractivity contribution in [2.75, 3.05) is 19.0 Å². The Hall–Kier alpha value is -3.99. The Labute approximate surface area is 231 Å². The van der Waals surface area contributed by atoms with Crippen molar-refractivity contribution in [3.8, 4) is 11.3 Å². The average Bonchev–Trinajstić information content (AvgIpc) is 2.95. The molecule has 0 bridgehead atoms. The van der Waals surface area contributed by atoms with Crippen LogP contribution in [0.1, 0.15) is 55.9 Å². The number of aliphatic hydroxyl groups is 1. The number of hydrogen-bond donors (Lipinski definition) is 2. The molecule has 1 saturated carbocycles. The molecule has 4 rings (SSSR count). The minimum Gasteiger partial charge on any atom is -0.466 e. The maximum Gasteiger partial charge on any atom is 0.344 e. The number of rotatable bonds is 9. The molecule has 1 fully saturated rings. The molecule has 0 aliphatic heterocycles. The van der Waals surface area contributed by atoms with Gasteiger partial charge in [-0.05, 0) is 87.4 Å². The lowest BCUT2D eigenvalue weighted by molar-refractivity contribution is -0.161. The lowest BCUT2D eigenvalue weighted by atomic mass is 9.73. The SMILES string of the molecule is COC(=O)COC(=O)[C@H]1CC[C@H](C(C)(O)c2ccc(-c3cc(C)cc(Nc4cc(C(F)F)ccn4)n3)cn2)CC1. The molecule has 2 N–H and O–H groups in total. The summed E-state index contributed by atoms with van der Waals surface area (Å²) >= 11 is 0. The zero-order valence-corrected chi connectivity index (χ0v) is 22.6. The predicted octanol–water partition coefficient (Wildman–Crippen LogP) is 5.26. The van der Waals surface area contributed by atoms with Gasteiger partial charge in [-0.3, -0.25) is 9.78 Å². The zero-order chi connectivity index (χ0) is 28.9. The standard InChI is InChI=1S/C29H32F2N4O5/c1-17-12-22(34-25(13-17)35-24-14-19(27(30)31)10-11-32-24)20-6-9-23(33-15-20)29(2,38)21-7-4-18(5-8-21)28(37)40-16-26(36)39-3/h6,9-15,18,21,27,38H,4-5,7-8,16H2,1-3H3,(H,32,34,35)/t18-,21-,29?. The molecular formula is C29H32F2N4O5. The molecule has 1 aliphatic rings. The summed E-state index contributed by atoms with van der Waals surface area (Å²) in [5, 5.41) is 14.4. The summed E-state index contributed by atoms with van der Waals surface area (Å²) in [6.07, 6.45) is 2.64. The van der Waals surface area contributed by atoms with Crippen molar-refractivity contribution in [1.82, 2.24) is 15.0 Å². The summed E-state index contributed by atoms with van der Waals surface area (Å²) in [4.78, 5) is 36.7. The summed E-state index contributed by atoms with van der Waals surface area (Å²) in [6.45, 7) is 3.22. The third-order valence-electron chi connectivity index (χ3n) is 7.26. The number of hydrogen-bond acceptors (Lipinski definition) is 9. The van der Waals surface area contributed by atoms with E-state index in [4.69, 9.17) is 4.74 Å². The van der Waals surface area contributed by atoms with E-state index >= 15 is 0 Å². The molecule has 3 heterocycles. The molecule has 3 aromatic rings. The Morgan fingerprint density at radius 3 is 2.50 bits per heavy atom. The molecule has 3 aromatic heterocycles. The van der Waals surface area contributed by atoms with Gasteiger partial charge in [-0.1, -0.05) is 0 Å². The van der Waals surface area contributed by atoms with Gasteiger partial charge in [-0.15, -0.1) is 0 Å². The number of halogens is 2. The van der Waals surface area contributed by atoms with Crippen LogP contribution in [0, 0.1) is 18.8 Å². The van der Waals surface area contributed by atoms with E-state index in [1.807, 2.05) is 19.1 Å². The molecule has 1 aliphatic carbocycles. The van der Waals surface area contributed by atoms with Gasteiger partial charge in [0.1, 0.15) is 17.2 Å². The van der Waals surface area contributed by atoms with Gasteiger partial charge in [0.25, 0.3) is 6.43 Å². The van der Waals surface area contributed by atoms with Crippen molar-refractivity contribution in [2.45, 2.75) is 51.6 Å². The number of aromatic nitrogens is 3. The fourth-order valence-corrected chi connectivity index (χ4v) is 4.91. The second-order valence-corrected chi connectivity index (χ2v) is 10.1. The number of anilines is 2. The zero-order valence-electron chi connectivity index (χ0n) is 22.6. The quantitative estimate of drug-likeness (QED) is 0.341. The van der Waals surface area contributed by atoms with E-state index in [1.54, 1.807) is 25.3 Å². The number of esters is 2. The molecule has 0 amide bonds. The van der Waals surface area contributed by atoms with E-state index in [9.17, 15) is 23.5 Å². The van der Waals surface area contributed by atoms with Crippen LogP contribution in [0.3, 0.4) is 0 Å². The largest absolute Gasteiger partial charge is 0.466 e. The molecule has 212 valence electrons. The van der Waals surface area contributed by atoms with Crippen molar-refractivity contribution in [3.05, 3.63) is 65.6 Å². The van der Waals surface area contributed by atoms with Gasteiger partial charge >= 0.3 is 11.9 Å². The Kier molecular flexibility index (Phi) is 9.03. The third-order valence-corrected chi connectivity index (χ3v) is 7.26. The summed E-state index contributed by atoms with van der Waals surface area (Å²) in [7, 11) is 1.23. The molecule has 0 spiro atoms. The Balaban J connectivity index is 1.42. The smallest absolute Gasteiger partial charge is 0.344 e. The first-order valence-corrected chi connectivity index (χ1v) is 13.0. The number of nitrogens with one attached hydrogen (secondary N) is 1. The van der Waals surface area contributed by atoms with Crippen molar-refractivity contribution >= 4 is 23.6 Å². The average molecular weight is 555 g/mol. The second kappa shape index (κ2) is 12.5. The molecule has 0 radical (unpaired) electrons. The third kappa shape index (κ3) is 6.95. The van der Waals surface area contributed by atoms with E-state index < -0.39 is 30.6 Å². The number of alkyl halides is 2. The highest BCUT2D eigenvalue weighted by atomic mass is 19.3. The number of carbonyl (C=O) groups is 2. The summed E-state index contributed by atoms with van der Waals surface area (Å²) in [6, 6.07) is 9.80. The first-order chi connectivity index (χ1) is 19.1. The molecular weight excluding hydrogens is 522 g/mol. The van der Waals surface area contributed by atoms with Crippen LogP contribution in [0.4, 0.5) is 20.4 Å². The van der Waals surface area contributed by atoms with Crippen LogP contribution in [0.5, 0.6) is 0 Å². The lowest BCUT2D eigenvalue weighted by Gasteiger charge is -2.37. The molecule has 1 atom stereocenters. The lowest BCUT2D eigenvalue weighted by Crippen LogP contribution is -2.37. The van der Waals surface area contributed by atoms with E-state index in [2.05, 4.69) is 25.0 Å². The monoisotopic (exact) mass is 554 g/mol. The van der Waals surface area contributed by atoms with E-state index in [-0.39, 0.29) is 23.2 Å². The van der Waals surface area contributed by atoms with Gasteiger partial charge in [0.05, 0.1) is 24.4 Å². The molecule has 9 nitrogen and oxygen atoms in total. The van der Waals surface area contributed by atoms with Gasteiger partial charge in [-0.25, -0.2) is 23.5 Å². The van der Waals surface area contributed by atoms with Crippen LogP contribution in [0.25, 0.3) is 11.3 Å². The minimum absolute atomic E-state index is 0.111. The van der Waals surface area contributed by atoms with Crippen LogP contribution < -0.4 is 5.32 Å². The van der Waals surface area contributed by atoms with Crippen LogP contribution in [-0.2, 0) is 24.7 Å². The Morgan fingerprint density at radius 2 is 1.85 bits per heavy atom. The molecule has 0 saturated heterocycles. The summed E-state index contributed by atoms with van der Waals surface area (Å²) < 4.78 is 35.6. The number of nitrogens with zero attached hydrogens (tertiary/aromatic N) is 3.